The molecular formula is C27H27FN2O4S. The van der Waals surface area contributed by atoms with Crippen molar-refractivity contribution < 1.29 is 19.0 Å². The highest BCUT2D eigenvalue weighted by Gasteiger charge is 2.18. The SMILES string of the molecule is Cc1cc(Oc2c(C)cc(F)cc2C)cc(-c2cn(C)c(=O)c3cc(C(=O)NCCCO)sc23)c1. The Morgan fingerprint density at radius 2 is 1.83 bits per heavy atom. The number of nitrogens with one attached hydrogen (secondary N) is 1. The highest BCUT2D eigenvalue weighted by molar-refractivity contribution is 7.21. The van der Waals surface area contributed by atoms with Crippen LogP contribution < -0.4 is 15.6 Å². The van der Waals surface area contributed by atoms with Crippen LogP contribution in [0, 0.1) is 26.6 Å². The summed E-state index contributed by atoms with van der Waals surface area (Å²) < 4.78 is 22.1. The van der Waals surface area contributed by atoms with E-state index in [2.05, 4.69) is 5.32 Å². The molecule has 1 amide bonds. The molecule has 182 valence electrons. The third-order valence-electron chi connectivity index (χ3n) is 5.70. The molecule has 4 aromatic rings. The second kappa shape index (κ2) is 10.0. The fourth-order valence-corrected chi connectivity index (χ4v) is 5.17. The largest absolute Gasteiger partial charge is 0.457 e. The Labute approximate surface area is 206 Å². The van der Waals surface area contributed by atoms with E-state index in [-0.39, 0.29) is 23.9 Å². The molecule has 0 saturated carbocycles. The number of ether oxygens (including phenoxy) is 1. The minimum atomic E-state index is -0.307. The Bertz CT molecular complexity index is 1470. The van der Waals surface area contributed by atoms with Gasteiger partial charge in [0.15, 0.2) is 0 Å². The van der Waals surface area contributed by atoms with Crippen LogP contribution in [-0.4, -0.2) is 28.7 Å². The third kappa shape index (κ3) is 5.13. The van der Waals surface area contributed by atoms with Crippen molar-refractivity contribution in [2.24, 2.45) is 7.05 Å². The second-order valence-electron chi connectivity index (χ2n) is 8.65. The molecule has 0 saturated heterocycles. The van der Waals surface area contributed by atoms with Crippen LogP contribution in [-0.2, 0) is 7.05 Å². The van der Waals surface area contributed by atoms with Gasteiger partial charge in [-0.2, -0.15) is 0 Å². The average Bonchev–Trinajstić information content (AvgIpc) is 3.24. The summed E-state index contributed by atoms with van der Waals surface area (Å²) in [6, 6.07) is 10.3. The number of aliphatic hydroxyl groups excluding tert-OH is 1. The number of benzene rings is 2. The van der Waals surface area contributed by atoms with Gasteiger partial charge < -0.3 is 19.7 Å². The molecule has 0 unspecified atom stereocenters. The Morgan fingerprint density at radius 3 is 2.51 bits per heavy atom. The van der Waals surface area contributed by atoms with E-state index in [9.17, 15) is 14.0 Å². The summed E-state index contributed by atoms with van der Waals surface area (Å²) in [5.41, 5.74) is 3.82. The zero-order valence-electron chi connectivity index (χ0n) is 20.1. The lowest BCUT2D eigenvalue weighted by molar-refractivity contribution is 0.0955. The third-order valence-corrected chi connectivity index (χ3v) is 6.87. The number of carbonyl (C=O) groups excluding carboxylic acids is 1. The van der Waals surface area contributed by atoms with Gasteiger partial charge in [0.2, 0.25) is 0 Å². The molecule has 0 radical (unpaired) electrons. The fraction of sp³-hybridized carbons (Fsp3) is 0.259. The van der Waals surface area contributed by atoms with E-state index in [1.165, 1.54) is 28.0 Å². The summed E-state index contributed by atoms with van der Waals surface area (Å²) in [6.45, 7) is 5.91. The van der Waals surface area contributed by atoms with Crippen molar-refractivity contribution in [3.8, 4) is 22.6 Å². The lowest BCUT2D eigenvalue weighted by Crippen LogP contribution is -2.24. The van der Waals surface area contributed by atoms with E-state index >= 15 is 0 Å². The van der Waals surface area contributed by atoms with Crippen LogP contribution in [0.5, 0.6) is 11.5 Å². The first-order chi connectivity index (χ1) is 16.7. The molecule has 4 rings (SSSR count). The van der Waals surface area contributed by atoms with Crippen LogP contribution in [0.2, 0.25) is 0 Å². The number of fused-ring (bicyclic) bond motifs is 1. The summed E-state index contributed by atoms with van der Waals surface area (Å²) in [5.74, 6) is 0.617. The molecule has 0 atom stereocenters. The Morgan fingerprint density at radius 1 is 1.11 bits per heavy atom. The summed E-state index contributed by atoms with van der Waals surface area (Å²) in [6.07, 6.45) is 2.23. The zero-order chi connectivity index (χ0) is 25.3. The molecule has 6 nitrogen and oxygen atoms in total. The molecule has 8 heteroatoms. The first kappa shape index (κ1) is 24.6. The van der Waals surface area contributed by atoms with Gasteiger partial charge in [0.1, 0.15) is 17.3 Å². The first-order valence-electron chi connectivity index (χ1n) is 11.3. The van der Waals surface area contributed by atoms with Crippen LogP contribution in [0.15, 0.2) is 47.4 Å². The number of nitrogens with zero attached hydrogens (tertiary/aromatic N) is 1. The van der Waals surface area contributed by atoms with E-state index in [0.717, 1.165) is 16.7 Å². The van der Waals surface area contributed by atoms with E-state index in [1.54, 1.807) is 33.2 Å². The first-order valence-corrected chi connectivity index (χ1v) is 12.1. The predicted molar refractivity (Wildman–Crippen MR) is 137 cm³/mol. The zero-order valence-corrected chi connectivity index (χ0v) is 20.9. The van der Waals surface area contributed by atoms with Crippen molar-refractivity contribution in [1.29, 1.82) is 0 Å². The van der Waals surface area contributed by atoms with Gasteiger partial charge in [-0.1, -0.05) is 6.07 Å². The maximum atomic E-state index is 13.7. The molecule has 0 fully saturated rings. The van der Waals surface area contributed by atoms with Crippen molar-refractivity contribution in [3.05, 3.63) is 80.3 Å². The maximum Gasteiger partial charge on any atom is 0.261 e. The van der Waals surface area contributed by atoms with Crippen LogP contribution in [0.3, 0.4) is 0 Å². The van der Waals surface area contributed by atoms with Gasteiger partial charge in [0.05, 0.1) is 10.3 Å². The normalized spacial score (nSPS) is 11.1. The number of pyridine rings is 1. The molecule has 2 aromatic carbocycles. The van der Waals surface area contributed by atoms with E-state index in [1.807, 2.05) is 25.1 Å². The van der Waals surface area contributed by atoms with Crippen molar-refractivity contribution in [2.45, 2.75) is 27.2 Å². The monoisotopic (exact) mass is 494 g/mol. The lowest BCUT2D eigenvalue weighted by Gasteiger charge is -2.14. The Balaban J connectivity index is 1.79. The van der Waals surface area contributed by atoms with Gasteiger partial charge in [-0.05, 0) is 79.8 Å². The highest BCUT2D eigenvalue weighted by Crippen LogP contribution is 2.37. The van der Waals surface area contributed by atoms with Crippen molar-refractivity contribution >= 4 is 27.3 Å². The molecule has 0 bridgehead atoms. The number of thiophene rings is 1. The van der Waals surface area contributed by atoms with Crippen LogP contribution in [0.25, 0.3) is 21.2 Å². The molecule has 35 heavy (non-hydrogen) atoms. The lowest BCUT2D eigenvalue weighted by atomic mass is 10.0. The highest BCUT2D eigenvalue weighted by atomic mass is 32.1. The molecule has 0 aliphatic carbocycles. The quantitative estimate of drug-likeness (QED) is 0.345. The van der Waals surface area contributed by atoms with Crippen molar-refractivity contribution in [1.82, 2.24) is 9.88 Å². The maximum absolute atomic E-state index is 13.7. The van der Waals surface area contributed by atoms with E-state index in [4.69, 9.17) is 9.84 Å². The van der Waals surface area contributed by atoms with E-state index < -0.39 is 0 Å². The van der Waals surface area contributed by atoms with Gasteiger partial charge in [-0.3, -0.25) is 9.59 Å². The topological polar surface area (TPSA) is 80.6 Å². The van der Waals surface area contributed by atoms with Gasteiger partial charge in [-0.15, -0.1) is 11.3 Å². The number of aromatic nitrogens is 1. The summed E-state index contributed by atoms with van der Waals surface area (Å²) in [7, 11) is 1.68. The smallest absolute Gasteiger partial charge is 0.261 e. The van der Waals surface area contributed by atoms with Gasteiger partial charge in [0, 0.05) is 36.7 Å². The molecule has 0 spiro atoms. The minimum Gasteiger partial charge on any atom is -0.457 e. The summed E-state index contributed by atoms with van der Waals surface area (Å²) in [5, 5.41) is 12.2. The predicted octanol–water partition coefficient (Wildman–Crippen LogP) is 5.24. The summed E-state index contributed by atoms with van der Waals surface area (Å²) >= 11 is 1.26. The van der Waals surface area contributed by atoms with Gasteiger partial charge >= 0.3 is 0 Å². The van der Waals surface area contributed by atoms with Crippen LogP contribution in [0.1, 0.15) is 32.8 Å². The molecule has 2 N–H and O–H groups in total. The standard InChI is InChI=1S/C27H27FN2O4S/c1-15-8-18(12-20(9-15)34-24-16(2)10-19(28)11-17(24)3)22-14-30(4)27(33)21-13-23(35-25(21)22)26(32)29-6-5-7-31/h8-14,31H,5-7H2,1-4H3,(H,29,32). The van der Waals surface area contributed by atoms with Gasteiger partial charge in [0.25, 0.3) is 11.5 Å². The number of hydrogen-bond acceptors (Lipinski definition) is 5. The Hall–Kier alpha value is -3.49. The number of amides is 1. The van der Waals surface area contributed by atoms with Crippen LogP contribution in [0.4, 0.5) is 4.39 Å². The minimum absolute atomic E-state index is 0.00782. The number of carbonyl (C=O) groups is 1. The van der Waals surface area contributed by atoms with Gasteiger partial charge in [-0.25, -0.2) is 4.39 Å². The number of rotatable bonds is 7. The van der Waals surface area contributed by atoms with Crippen LogP contribution >= 0.6 is 11.3 Å². The Kier molecular flexibility index (Phi) is 7.05. The number of hydrogen-bond donors (Lipinski definition) is 2. The molecule has 2 heterocycles. The number of aryl methyl sites for hydroxylation is 4. The summed E-state index contributed by atoms with van der Waals surface area (Å²) in [4.78, 5) is 25.9. The molecule has 0 aliphatic heterocycles. The average molecular weight is 495 g/mol. The number of halogens is 1. The molecular weight excluding hydrogens is 467 g/mol. The number of aliphatic hydroxyl groups is 1. The fourth-order valence-electron chi connectivity index (χ4n) is 4.08. The second-order valence-corrected chi connectivity index (χ2v) is 9.70. The van der Waals surface area contributed by atoms with Crippen molar-refractivity contribution in [2.75, 3.05) is 13.2 Å². The molecule has 2 aromatic heterocycles. The van der Waals surface area contributed by atoms with Crippen molar-refractivity contribution in [3.63, 3.8) is 0 Å². The molecule has 0 aliphatic rings. The van der Waals surface area contributed by atoms with E-state index in [0.29, 0.717) is 50.6 Å².